The van der Waals surface area contributed by atoms with Gasteiger partial charge in [-0.15, -0.1) is 0 Å². The lowest BCUT2D eigenvalue weighted by atomic mass is 9.96. The molecule has 0 rings (SSSR count). The van der Waals surface area contributed by atoms with Gasteiger partial charge < -0.3 is 10.2 Å². The second-order valence-electron chi connectivity index (χ2n) is 5.77. The van der Waals surface area contributed by atoms with Crippen LogP contribution in [-0.2, 0) is 9.59 Å². The van der Waals surface area contributed by atoms with Crippen molar-refractivity contribution in [3.05, 3.63) is 0 Å². The summed E-state index contributed by atoms with van der Waals surface area (Å²) in [6.07, 6.45) is 2.71. The molecular weight excluding hydrogens is 252 g/mol. The molecule has 4 nitrogen and oxygen atoms in total. The molecule has 2 unspecified atom stereocenters. The van der Waals surface area contributed by atoms with Gasteiger partial charge in [0.25, 0.3) is 0 Å². The molecule has 0 saturated carbocycles. The summed E-state index contributed by atoms with van der Waals surface area (Å²) < 4.78 is 0. The van der Waals surface area contributed by atoms with E-state index in [-0.39, 0.29) is 29.7 Å². The van der Waals surface area contributed by atoms with Crippen molar-refractivity contribution in [2.45, 2.75) is 66.8 Å². The van der Waals surface area contributed by atoms with E-state index in [0.717, 1.165) is 19.4 Å². The first kappa shape index (κ1) is 18.9. The number of rotatable bonds is 9. The highest BCUT2D eigenvalue weighted by Crippen LogP contribution is 2.11. The molecule has 0 aromatic carbocycles. The molecule has 118 valence electrons. The van der Waals surface area contributed by atoms with Crippen LogP contribution in [0.15, 0.2) is 0 Å². The maximum absolute atomic E-state index is 12.5. The minimum atomic E-state index is -0.388. The average molecular weight is 284 g/mol. The van der Waals surface area contributed by atoms with Gasteiger partial charge in [0.05, 0.1) is 0 Å². The summed E-state index contributed by atoms with van der Waals surface area (Å²) in [5.74, 6) is 0.243. The van der Waals surface area contributed by atoms with Gasteiger partial charge in [0.15, 0.2) is 0 Å². The largest absolute Gasteiger partial charge is 0.344 e. The Labute approximate surface area is 124 Å². The Balaban J connectivity index is 4.64. The van der Waals surface area contributed by atoms with Crippen LogP contribution in [0.3, 0.4) is 0 Å². The zero-order chi connectivity index (χ0) is 15.7. The van der Waals surface area contributed by atoms with Crippen LogP contribution in [0.4, 0.5) is 0 Å². The van der Waals surface area contributed by atoms with Crippen molar-refractivity contribution >= 4 is 11.8 Å². The summed E-state index contributed by atoms with van der Waals surface area (Å²) >= 11 is 0. The Morgan fingerprint density at radius 1 is 1.10 bits per heavy atom. The van der Waals surface area contributed by atoms with Crippen LogP contribution in [0.1, 0.15) is 60.8 Å². The van der Waals surface area contributed by atoms with Crippen molar-refractivity contribution < 1.29 is 9.59 Å². The monoisotopic (exact) mass is 284 g/mol. The van der Waals surface area contributed by atoms with Crippen molar-refractivity contribution in [3.8, 4) is 0 Å². The van der Waals surface area contributed by atoms with E-state index in [1.54, 1.807) is 0 Å². The molecule has 2 amide bonds. The molecule has 0 heterocycles. The van der Waals surface area contributed by atoms with Gasteiger partial charge in [-0.05, 0) is 25.7 Å². The molecular formula is C16H32N2O2. The summed E-state index contributed by atoms with van der Waals surface area (Å²) in [5.41, 5.74) is 0. The first-order valence-corrected chi connectivity index (χ1v) is 7.98. The van der Waals surface area contributed by atoms with Gasteiger partial charge >= 0.3 is 0 Å². The maximum atomic E-state index is 12.5. The third-order valence-electron chi connectivity index (χ3n) is 3.91. The van der Waals surface area contributed by atoms with E-state index in [4.69, 9.17) is 0 Å². The molecule has 0 radical (unpaired) electrons. The van der Waals surface area contributed by atoms with Gasteiger partial charge in [0.2, 0.25) is 11.8 Å². The number of carbonyl (C=O) groups excluding carboxylic acids is 2. The SMILES string of the molecule is CCCCN(CC)C(=O)C(CC)NC(=O)C(C)C(C)C. The zero-order valence-corrected chi connectivity index (χ0v) is 14.0. The van der Waals surface area contributed by atoms with Gasteiger partial charge in [-0.25, -0.2) is 0 Å². The number of hydrogen-bond donors (Lipinski definition) is 1. The predicted octanol–water partition coefficient (Wildman–Crippen LogP) is 2.82. The lowest BCUT2D eigenvalue weighted by Gasteiger charge is -2.27. The fourth-order valence-electron chi connectivity index (χ4n) is 1.94. The van der Waals surface area contributed by atoms with Gasteiger partial charge in [0, 0.05) is 19.0 Å². The van der Waals surface area contributed by atoms with Crippen molar-refractivity contribution in [1.29, 1.82) is 0 Å². The predicted molar refractivity (Wildman–Crippen MR) is 83.4 cm³/mol. The summed E-state index contributed by atoms with van der Waals surface area (Å²) in [7, 11) is 0. The number of unbranched alkanes of at least 4 members (excludes halogenated alkanes) is 1. The third kappa shape index (κ3) is 5.93. The van der Waals surface area contributed by atoms with Crippen LogP contribution >= 0.6 is 0 Å². The summed E-state index contributed by atoms with van der Waals surface area (Å²) in [6.45, 7) is 13.5. The number of amides is 2. The number of nitrogens with zero attached hydrogens (tertiary/aromatic N) is 1. The standard InChI is InChI=1S/C16H32N2O2/c1-7-10-11-18(9-3)16(20)14(8-2)17-15(19)13(6)12(4)5/h12-14H,7-11H2,1-6H3,(H,17,19). The molecule has 4 heteroatoms. The Morgan fingerprint density at radius 3 is 2.10 bits per heavy atom. The first-order valence-electron chi connectivity index (χ1n) is 7.98. The highest BCUT2D eigenvalue weighted by molar-refractivity contribution is 5.88. The summed E-state index contributed by atoms with van der Waals surface area (Å²) in [4.78, 5) is 26.4. The number of nitrogens with one attached hydrogen (secondary N) is 1. The molecule has 2 atom stereocenters. The molecule has 0 spiro atoms. The zero-order valence-electron chi connectivity index (χ0n) is 14.0. The van der Waals surface area contributed by atoms with Crippen molar-refractivity contribution in [3.63, 3.8) is 0 Å². The fourth-order valence-corrected chi connectivity index (χ4v) is 1.94. The second kappa shape index (κ2) is 9.78. The minimum Gasteiger partial charge on any atom is -0.344 e. The van der Waals surface area contributed by atoms with Crippen LogP contribution in [0, 0.1) is 11.8 Å². The Kier molecular flexibility index (Phi) is 9.26. The normalized spacial score (nSPS) is 13.9. The third-order valence-corrected chi connectivity index (χ3v) is 3.91. The van der Waals surface area contributed by atoms with Gasteiger partial charge in [-0.2, -0.15) is 0 Å². The van der Waals surface area contributed by atoms with Crippen LogP contribution < -0.4 is 5.32 Å². The van der Waals surface area contributed by atoms with E-state index in [1.807, 2.05) is 39.5 Å². The minimum absolute atomic E-state index is 0.0215. The van der Waals surface area contributed by atoms with Crippen LogP contribution in [0.25, 0.3) is 0 Å². The second-order valence-corrected chi connectivity index (χ2v) is 5.77. The molecule has 0 aliphatic rings. The molecule has 1 N–H and O–H groups in total. The highest BCUT2D eigenvalue weighted by atomic mass is 16.2. The fraction of sp³-hybridized carbons (Fsp3) is 0.875. The van der Waals surface area contributed by atoms with Gasteiger partial charge in [-0.3, -0.25) is 9.59 Å². The van der Waals surface area contributed by atoms with Crippen LogP contribution in [0.5, 0.6) is 0 Å². The summed E-state index contributed by atoms with van der Waals surface area (Å²) in [6, 6.07) is -0.388. The Hall–Kier alpha value is -1.06. The van der Waals surface area contributed by atoms with E-state index >= 15 is 0 Å². The van der Waals surface area contributed by atoms with Crippen molar-refractivity contribution in [2.75, 3.05) is 13.1 Å². The topological polar surface area (TPSA) is 49.4 Å². The molecule has 0 saturated heterocycles. The molecule has 0 bridgehead atoms. The van der Waals surface area contributed by atoms with Gasteiger partial charge in [-0.1, -0.05) is 41.0 Å². The van der Waals surface area contributed by atoms with E-state index in [2.05, 4.69) is 12.2 Å². The quantitative estimate of drug-likeness (QED) is 0.708. The van der Waals surface area contributed by atoms with E-state index in [9.17, 15) is 9.59 Å². The van der Waals surface area contributed by atoms with E-state index in [0.29, 0.717) is 13.0 Å². The smallest absolute Gasteiger partial charge is 0.245 e. The molecule has 0 aliphatic carbocycles. The van der Waals surface area contributed by atoms with Crippen molar-refractivity contribution in [2.24, 2.45) is 11.8 Å². The number of hydrogen-bond acceptors (Lipinski definition) is 2. The van der Waals surface area contributed by atoms with Gasteiger partial charge in [0.1, 0.15) is 6.04 Å². The molecule has 0 aliphatic heterocycles. The Bertz CT molecular complexity index is 303. The number of carbonyl (C=O) groups is 2. The van der Waals surface area contributed by atoms with E-state index in [1.165, 1.54) is 0 Å². The number of likely N-dealkylation sites (N-methyl/N-ethyl adjacent to an activating group) is 1. The lowest BCUT2D eigenvalue weighted by Crippen LogP contribution is -2.50. The molecule has 0 fully saturated rings. The van der Waals surface area contributed by atoms with Crippen molar-refractivity contribution in [1.82, 2.24) is 10.2 Å². The molecule has 20 heavy (non-hydrogen) atoms. The average Bonchev–Trinajstić information content (AvgIpc) is 2.43. The maximum Gasteiger partial charge on any atom is 0.245 e. The van der Waals surface area contributed by atoms with Crippen LogP contribution in [0.2, 0.25) is 0 Å². The molecule has 0 aromatic heterocycles. The molecule has 0 aromatic rings. The first-order chi connectivity index (χ1) is 9.38. The Morgan fingerprint density at radius 2 is 1.70 bits per heavy atom. The lowest BCUT2D eigenvalue weighted by molar-refractivity contribution is -0.137. The highest BCUT2D eigenvalue weighted by Gasteiger charge is 2.26. The van der Waals surface area contributed by atoms with E-state index < -0.39 is 0 Å². The van der Waals surface area contributed by atoms with Crippen LogP contribution in [-0.4, -0.2) is 35.8 Å². The summed E-state index contributed by atoms with van der Waals surface area (Å²) in [5, 5.41) is 2.91.